The van der Waals surface area contributed by atoms with Crippen LogP contribution in [-0.2, 0) is 6.54 Å². The molecule has 0 saturated carbocycles. The summed E-state index contributed by atoms with van der Waals surface area (Å²) in [7, 11) is 4.00. The van der Waals surface area contributed by atoms with E-state index in [1.807, 2.05) is 81.0 Å². The summed E-state index contributed by atoms with van der Waals surface area (Å²) in [6.07, 6.45) is 3.56. The summed E-state index contributed by atoms with van der Waals surface area (Å²) in [5.41, 5.74) is 4.80. The molecular formula is C26H22N4O. The highest BCUT2D eigenvalue weighted by Gasteiger charge is 2.16. The van der Waals surface area contributed by atoms with E-state index in [0.29, 0.717) is 23.2 Å². The van der Waals surface area contributed by atoms with Gasteiger partial charge in [0, 0.05) is 35.6 Å². The number of aromatic nitrogens is 2. The van der Waals surface area contributed by atoms with E-state index in [0.717, 1.165) is 22.5 Å². The first-order valence-electron chi connectivity index (χ1n) is 9.99. The SMILES string of the molecule is CN(C)Cc1ccccc1-n1cc(-c2ccccn2)cc(-c2ccccc2C#N)c1=O. The van der Waals surface area contributed by atoms with E-state index >= 15 is 0 Å². The Bertz CT molecular complexity index is 1320. The molecule has 0 spiro atoms. The Hall–Kier alpha value is -4.01. The van der Waals surface area contributed by atoms with Gasteiger partial charge in [-0.25, -0.2) is 0 Å². The first kappa shape index (κ1) is 20.3. The molecule has 5 nitrogen and oxygen atoms in total. The van der Waals surface area contributed by atoms with E-state index in [4.69, 9.17) is 0 Å². The Labute approximate surface area is 181 Å². The quantitative estimate of drug-likeness (QED) is 0.490. The Morgan fingerprint density at radius 3 is 2.45 bits per heavy atom. The molecule has 31 heavy (non-hydrogen) atoms. The van der Waals surface area contributed by atoms with Gasteiger partial charge in [0.05, 0.1) is 23.0 Å². The average Bonchev–Trinajstić information content (AvgIpc) is 2.80. The third kappa shape index (κ3) is 4.16. The zero-order valence-corrected chi connectivity index (χ0v) is 17.5. The maximum atomic E-state index is 13.7. The lowest BCUT2D eigenvalue weighted by atomic mass is 9.99. The highest BCUT2D eigenvalue weighted by atomic mass is 16.1. The number of pyridine rings is 2. The lowest BCUT2D eigenvalue weighted by molar-refractivity contribution is 0.402. The van der Waals surface area contributed by atoms with Crippen LogP contribution >= 0.6 is 0 Å². The molecule has 0 aliphatic heterocycles. The molecule has 0 aliphatic rings. The van der Waals surface area contributed by atoms with Crippen LogP contribution in [0.4, 0.5) is 0 Å². The van der Waals surface area contributed by atoms with Crippen LogP contribution in [0.15, 0.2) is 90.0 Å². The van der Waals surface area contributed by atoms with Crippen molar-refractivity contribution in [3.05, 3.63) is 107 Å². The van der Waals surface area contributed by atoms with Crippen LogP contribution in [-0.4, -0.2) is 28.5 Å². The van der Waals surface area contributed by atoms with E-state index in [-0.39, 0.29) is 5.56 Å². The molecule has 0 amide bonds. The summed E-state index contributed by atoms with van der Waals surface area (Å²) >= 11 is 0. The zero-order chi connectivity index (χ0) is 21.8. The smallest absolute Gasteiger partial charge is 0.263 e. The largest absolute Gasteiger partial charge is 0.305 e. The molecule has 5 heteroatoms. The van der Waals surface area contributed by atoms with Crippen molar-refractivity contribution in [1.82, 2.24) is 14.5 Å². The Balaban J connectivity index is 2.03. The van der Waals surface area contributed by atoms with Gasteiger partial charge in [0.25, 0.3) is 5.56 Å². The van der Waals surface area contributed by atoms with Crippen molar-refractivity contribution in [1.29, 1.82) is 5.26 Å². The van der Waals surface area contributed by atoms with Crippen molar-refractivity contribution in [2.45, 2.75) is 6.54 Å². The standard InChI is InChI=1S/C26H22N4O/c1-29(2)17-20-10-4-6-13-25(20)30-18-21(24-12-7-8-14-28-24)15-23(26(30)31)22-11-5-3-9-19(22)16-27/h3-15,18H,17H2,1-2H3. The van der Waals surface area contributed by atoms with Crippen molar-refractivity contribution in [2.24, 2.45) is 0 Å². The topological polar surface area (TPSA) is 61.9 Å². The van der Waals surface area contributed by atoms with Crippen LogP contribution in [0.1, 0.15) is 11.1 Å². The molecule has 0 fully saturated rings. The summed E-state index contributed by atoms with van der Waals surface area (Å²) < 4.78 is 1.67. The summed E-state index contributed by atoms with van der Waals surface area (Å²) in [5, 5.41) is 9.61. The normalized spacial score (nSPS) is 10.8. The van der Waals surface area contributed by atoms with Crippen LogP contribution in [0.25, 0.3) is 28.1 Å². The van der Waals surface area contributed by atoms with E-state index in [9.17, 15) is 10.1 Å². The number of hydrogen-bond acceptors (Lipinski definition) is 4. The van der Waals surface area contributed by atoms with Gasteiger partial charge >= 0.3 is 0 Å². The zero-order valence-electron chi connectivity index (χ0n) is 17.5. The predicted octanol–water partition coefficient (Wildman–Crippen LogP) is 4.50. The number of para-hydroxylation sites is 1. The van der Waals surface area contributed by atoms with Crippen LogP contribution in [0.5, 0.6) is 0 Å². The van der Waals surface area contributed by atoms with Crippen LogP contribution in [0.2, 0.25) is 0 Å². The Morgan fingerprint density at radius 1 is 0.968 bits per heavy atom. The fraction of sp³-hybridized carbons (Fsp3) is 0.115. The number of nitrogens with zero attached hydrogens (tertiary/aromatic N) is 4. The van der Waals surface area contributed by atoms with Crippen LogP contribution in [0.3, 0.4) is 0 Å². The van der Waals surface area contributed by atoms with Gasteiger partial charge in [-0.2, -0.15) is 5.26 Å². The summed E-state index contributed by atoms with van der Waals surface area (Å²) in [5.74, 6) is 0. The van der Waals surface area contributed by atoms with Gasteiger partial charge in [-0.1, -0.05) is 42.5 Å². The fourth-order valence-electron chi connectivity index (χ4n) is 3.66. The number of nitriles is 1. The van der Waals surface area contributed by atoms with Crippen molar-refractivity contribution in [2.75, 3.05) is 14.1 Å². The average molecular weight is 406 g/mol. The van der Waals surface area contributed by atoms with Crippen molar-refractivity contribution in [3.63, 3.8) is 0 Å². The summed E-state index contributed by atoms with van der Waals surface area (Å²) in [6, 6.07) is 24.8. The molecule has 0 unspecified atom stereocenters. The maximum absolute atomic E-state index is 13.7. The predicted molar refractivity (Wildman–Crippen MR) is 123 cm³/mol. The second-order valence-corrected chi connectivity index (χ2v) is 7.56. The molecule has 0 atom stereocenters. The van der Waals surface area contributed by atoms with E-state index < -0.39 is 0 Å². The molecule has 4 rings (SSSR count). The van der Waals surface area contributed by atoms with Crippen molar-refractivity contribution in [3.8, 4) is 34.1 Å². The molecule has 0 N–H and O–H groups in total. The van der Waals surface area contributed by atoms with Gasteiger partial charge < -0.3 is 4.90 Å². The molecule has 0 aliphatic carbocycles. The molecule has 152 valence electrons. The van der Waals surface area contributed by atoms with E-state index in [2.05, 4.69) is 16.0 Å². The van der Waals surface area contributed by atoms with Gasteiger partial charge in [-0.15, -0.1) is 0 Å². The second kappa shape index (κ2) is 8.78. The fourth-order valence-corrected chi connectivity index (χ4v) is 3.66. The van der Waals surface area contributed by atoms with Crippen LogP contribution in [0, 0.1) is 11.3 Å². The van der Waals surface area contributed by atoms with Gasteiger partial charge in [-0.05, 0) is 50.0 Å². The summed E-state index contributed by atoms with van der Waals surface area (Å²) in [4.78, 5) is 20.2. The third-order valence-electron chi connectivity index (χ3n) is 5.05. The van der Waals surface area contributed by atoms with Gasteiger partial charge in [0.2, 0.25) is 0 Å². The molecule has 0 bridgehead atoms. The van der Waals surface area contributed by atoms with Gasteiger partial charge in [0.1, 0.15) is 0 Å². The molecule has 0 radical (unpaired) electrons. The molecule has 2 heterocycles. The lowest BCUT2D eigenvalue weighted by Crippen LogP contribution is -2.22. The molecule has 4 aromatic rings. The van der Waals surface area contributed by atoms with E-state index in [1.54, 1.807) is 22.9 Å². The molecular weight excluding hydrogens is 384 g/mol. The first-order chi connectivity index (χ1) is 15.1. The summed E-state index contributed by atoms with van der Waals surface area (Å²) in [6.45, 7) is 0.695. The van der Waals surface area contributed by atoms with Gasteiger partial charge in [-0.3, -0.25) is 14.3 Å². The van der Waals surface area contributed by atoms with Crippen LogP contribution < -0.4 is 5.56 Å². The minimum Gasteiger partial charge on any atom is -0.305 e. The second-order valence-electron chi connectivity index (χ2n) is 7.56. The minimum absolute atomic E-state index is 0.173. The monoisotopic (exact) mass is 406 g/mol. The number of benzene rings is 2. The molecule has 2 aromatic carbocycles. The molecule has 2 aromatic heterocycles. The van der Waals surface area contributed by atoms with E-state index in [1.165, 1.54) is 0 Å². The van der Waals surface area contributed by atoms with Gasteiger partial charge in [0.15, 0.2) is 0 Å². The Morgan fingerprint density at radius 2 is 1.71 bits per heavy atom. The third-order valence-corrected chi connectivity index (χ3v) is 5.05. The van der Waals surface area contributed by atoms with Crippen molar-refractivity contribution >= 4 is 0 Å². The van der Waals surface area contributed by atoms with Crippen molar-refractivity contribution < 1.29 is 0 Å². The molecule has 0 saturated heterocycles. The highest BCUT2D eigenvalue weighted by Crippen LogP contribution is 2.27. The maximum Gasteiger partial charge on any atom is 0.263 e. The number of hydrogen-bond donors (Lipinski definition) is 0. The lowest BCUT2D eigenvalue weighted by Gasteiger charge is -2.18. The first-order valence-corrected chi connectivity index (χ1v) is 9.99. The number of rotatable bonds is 5. The minimum atomic E-state index is -0.173. The highest BCUT2D eigenvalue weighted by molar-refractivity contribution is 5.75. The Kier molecular flexibility index (Phi) is 5.74.